The highest BCUT2D eigenvalue weighted by Crippen LogP contribution is 2.32. The first-order valence-corrected chi connectivity index (χ1v) is 12.3. The lowest BCUT2D eigenvalue weighted by Gasteiger charge is -2.10. The van der Waals surface area contributed by atoms with E-state index in [0.29, 0.717) is 12.5 Å². The van der Waals surface area contributed by atoms with Crippen LogP contribution in [0.4, 0.5) is 4.39 Å². The standard InChI is InChI=1S/C22H24FN3OS3/c1-14(2)18-8-4-17(5-9-18)13-28-21-25-26-22(30-21)29-15(3)20(27)24-12-16-6-10-19(23)11-7-16/h4-11,14-15H,12-13H2,1-3H3,(H,24,27). The van der Waals surface area contributed by atoms with Gasteiger partial charge in [-0.15, -0.1) is 10.2 Å². The second-order valence-corrected chi connectivity index (χ2v) is 10.9. The third kappa shape index (κ3) is 6.82. The number of hydrogen-bond donors (Lipinski definition) is 1. The van der Waals surface area contributed by atoms with Crippen LogP contribution < -0.4 is 5.32 Å². The van der Waals surface area contributed by atoms with Crippen LogP contribution in [0.5, 0.6) is 0 Å². The van der Waals surface area contributed by atoms with Crippen molar-refractivity contribution in [2.24, 2.45) is 0 Å². The smallest absolute Gasteiger partial charge is 0.233 e. The summed E-state index contributed by atoms with van der Waals surface area (Å²) < 4.78 is 14.6. The molecule has 0 saturated carbocycles. The molecular formula is C22H24FN3OS3. The van der Waals surface area contributed by atoms with Crippen LogP contribution in [0.15, 0.2) is 57.2 Å². The fourth-order valence-electron chi connectivity index (χ4n) is 2.59. The van der Waals surface area contributed by atoms with Crippen molar-refractivity contribution in [1.82, 2.24) is 15.5 Å². The SMILES string of the molecule is CC(Sc1nnc(SCc2ccc(C(C)C)cc2)s1)C(=O)NCc1ccc(F)cc1. The van der Waals surface area contributed by atoms with Crippen LogP contribution in [0.3, 0.4) is 0 Å². The molecule has 8 heteroatoms. The number of aromatic nitrogens is 2. The number of carbonyl (C=O) groups excluding carboxylic acids is 1. The van der Waals surface area contributed by atoms with Gasteiger partial charge in [-0.1, -0.05) is 85.1 Å². The second kappa shape index (κ2) is 10.9. The molecule has 30 heavy (non-hydrogen) atoms. The predicted octanol–water partition coefficient (Wildman–Crippen LogP) is 5.89. The number of carbonyl (C=O) groups is 1. The van der Waals surface area contributed by atoms with Crippen molar-refractivity contribution in [2.75, 3.05) is 0 Å². The first-order chi connectivity index (χ1) is 14.4. The van der Waals surface area contributed by atoms with Crippen LogP contribution in [0.25, 0.3) is 0 Å². The van der Waals surface area contributed by atoms with E-state index in [1.54, 1.807) is 23.9 Å². The number of benzene rings is 2. The van der Waals surface area contributed by atoms with Crippen molar-refractivity contribution >= 4 is 40.8 Å². The molecule has 1 N–H and O–H groups in total. The molecule has 0 spiro atoms. The molecule has 0 bridgehead atoms. The molecule has 0 fully saturated rings. The zero-order chi connectivity index (χ0) is 21.5. The quantitative estimate of drug-likeness (QED) is 0.403. The van der Waals surface area contributed by atoms with E-state index < -0.39 is 0 Å². The minimum absolute atomic E-state index is 0.0843. The van der Waals surface area contributed by atoms with Crippen LogP contribution in [0, 0.1) is 5.82 Å². The largest absolute Gasteiger partial charge is 0.351 e. The normalized spacial score (nSPS) is 12.2. The lowest BCUT2D eigenvalue weighted by atomic mass is 10.0. The molecule has 158 valence electrons. The van der Waals surface area contributed by atoms with Crippen molar-refractivity contribution in [2.45, 2.75) is 52.9 Å². The summed E-state index contributed by atoms with van der Waals surface area (Å²) in [6, 6.07) is 14.8. The lowest BCUT2D eigenvalue weighted by molar-refractivity contribution is -0.120. The Labute approximate surface area is 189 Å². The third-order valence-corrected chi connectivity index (χ3v) is 7.74. The van der Waals surface area contributed by atoms with E-state index in [0.717, 1.165) is 20.0 Å². The minimum Gasteiger partial charge on any atom is -0.351 e. The highest BCUT2D eigenvalue weighted by atomic mass is 32.2. The number of amides is 1. The Kier molecular flexibility index (Phi) is 8.30. The fraction of sp³-hybridized carbons (Fsp3) is 0.318. The third-order valence-electron chi connectivity index (χ3n) is 4.42. The zero-order valence-electron chi connectivity index (χ0n) is 17.1. The maximum atomic E-state index is 13.0. The van der Waals surface area contributed by atoms with Crippen molar-refractivity contribution in [1.29, 1.82) is 0 Å². The average Bonchev–Trinajstić information content (AvgIpc) is 3.19. The summed E-state index contributed by atoms with van der Waals surface area (Å²) in [6.07, 6.45) is 0. The van der Waals surface area contributed by atoms with Crippen molar-refractivity contribution in [3.8, 4) is 0 Å². The number of nitrogens with zero attached hydrogens (tertiary/aromatic N) is 2. The summed E-state index contributed by atoms with van der Waals surface area (Å²) in [5.74, 6) is 1.00. The molecule has 1 heterocycles. The molecule has 0 aliphatic rings. The fourth-order valence-corrected chi connectivity index (χ4v) is 5.73. The van der Waals surface area contributed by atoms with Crippen molar-refractivity contribution < 1.29 is 9.18 Å². The Bertz CT molecular complexity index is 959. The highest BCUT2D eigenvalue weighted by molar-refractivity contribution is 8.03. The molecule has 0 aliphatic carbocycles. The molecule has 2 aromatic carbocycles. The molecule has 3 rings (SSSR count). The van der Waals surface area contributed by atoms with E-state index in [4.69, 9.17) is 0 Å². The van der Waals surface area contributed by atoms with Crippen LogP contribution in [0.2, 0.25) is 0 Å². The van der Waals surface area contributed by atoms with E-state index in [1.165, 1.54) is 46.4 Å². The molecular weight excluding hydrogens is 437 g/mol. The number of rotatable bonds is 9. The van der Waals surface area contributed by atoms with Gasteiger partial charge in [0.05, 0.1) is 5.25 Å². The molecule has 1 atom stereocenters. The van der Waals surface area contributed by atoms with E-state index in [9.17, 15) is 9.18 Å². The Morgan fingerprint density at radius 2 is 1.63 bits per heavy atom. The summed E-state index contributed by atoms with van der Waals surface area (Å²) >= 11 is 4.55. The summed E-state index contributed by atoms with van der Waals surface area (Å²) in [6.45, 7) is 6.59. The summed E-state index contributed by atoms with van der Waals surface area (Å²) in [7, 11) is 0. The lowest BCUT2D eigenvalue weighted by Crippen LogP contribution is -2.30. The summed E-state index contributed by atoms with van der Waals surface area (Å²) in [4.78, 5) is 12.3. The zero-order valence-corrected chi connectivity index (χ0v) is 19.5. The van der Waals surface area contributed by atoms with Gasteiger partial charge in [0.25, 0.3) is 0 Å². The van der Waals surface area contributed by atoms with Crippen molar-refractivity contribution in [3.05, 3.63) is 71.0 Å². The number of hydrogen-bond acceptors (Lipinski definition) is 6. The summed E-state index contributed by atoms with van der Waals surface area (Å²) in [5, 5.41) is 11.0. The van der Waals surface area contributed by atoms with Gasteiger partial charge in [0, 0.05) is 12.3 Å². The van der Waals surface area contributed by atoms with Gasteiger partial charge in [0.1, 0.15) is 5.82 Å². The molecule has 1 amide bonds. The Balaban J connectivity index is 1.45. The highest BCUT2D eigenvalue weighted by Gasteiger charge is 2.17. The Morgan fingerprint density at radius 1 is 1.00 bits per heavy atom. The van der Waals surface area contributed by atoms with E-state index in [-0.39, 0.29) is 17.0 Å². The minimum atomic E-state index is -0.292. The van der Waals surface area contributed by atoms with Gasteiger partial charge < -0.3 is 5.32 Å². The topological polar surface area (TPSA) is 54.9 Å². The molecule has 1 aromatic heterocycles. The van der Waals surface area contributed by atoms with E-state index in [2.05, 4.69) is 53.6 Å². The molecule has 3 aromatic rings. The number of nitrogens with one attached hydrogen (secondary N) is 1. The van der Waals surface area contributed by atoms with Crippen LogP contribution in [-0.4, -0.2) is 21.4 Å². The van der Waals surface area contributed by atoms with Gasteiger partial charge in [0.2, 0.25) is 5.91 Å². The Morgan fingerprint density at radius 3 is 2.30 bits per heavy atom. The predicted molar refractivity (Wildman–Crippen MR) is 124 cm³/mol. The first-order valence-electron chi connectivity index (χ1n) is 9.64. The first kappa shape index (κ1) is 22.8. The van der Waals surface area contributed by atoms with Gasteiger partial charge in [-0.05, 0) is 41.7 Å². The van der Waals surface area contributed by atoms with Gasteiger partial charge in [-0.2, -0.15) is 0 Å². The monoisotopic (exact) mass is 461 g/mol. The van der Waals surface area contributed by atoms with E-state index in [1.807, 2.05) is 6.92 Å². The van der Waals surface area contributed by atoms with Gasteiger partial charge in [-0.3, -0.25) is 4.79 Å². The maximum absolute atomic E-state index is 13.0. The van der Waals surface area contributed by atoms with Crippen LogP contribution >= 0.6 is 34.9 Å². The van der Waals surface area contributed by atoms with E-state index >= 15 is 0 Å². The van der Waals surface area contributed by atoms with Crippen molar-refractivity contribution in [3.63, 3.8) is 0 Å². The molecule has 4 nitrogen and oxygen atoms in total. The molecule has 0 aliphatic heterocycles. The van der Waals surface area contributed by atoms with Crippen LogP contribution in [0.1, 0.15) is 43.4 Å². The van der Waals surface area contributed by atoms with Crippen LogP contribution in [-0.2, 0) is 17.1 Å². The van der Waals surface area contributed by atoms with Gasteiger partial charge in [0.15, 0.2) is 8.68 Å². The number of thioether (sulfide) groups is 2. The van der Waals surface area contributed by atoms with Gasteiger partial charge >= 0.3 is 0 Å². The second-order valence-electron chi connectivity index (χ2n) is 7.12. The number of halogens is 1. The molecule has 1 unspecified atom stereocenters. The molecule has 0 radical (unpaired) electrons. The molecule has 0 saturated heterocycles. The summed E-state index contributed by atoms with van der Waals surface area (Å²) in [5.41, 5.74) is 3.45. The Hall–Kier alpha value is -1.90. The maximum Gasteiger partial charge on any atom is 0.233 e. The average molecular weight is 462 g/mol. The van der Waals surface area contributed by atoms with Gasteiger partial charge in [-0.25, -0.2) is 4.39 Å².